The number of nitrogens with one attached hydrogen (secondary N) is 2. The van der Waals surface area contributed by atoms with Gasteiger partial charge in [0, 0.05) is 38.2 Å². The lowest BCUT2D eigenvalue weighted by molar-refractivity contribution is -0.136. The van der Waals surface area contributed by atoms with Gasteiger partial charge in [-0.15, -0.1) is 0 Å². The minimum atomic E-state index is -0.680. The van der Waals surface area contributed by atoms with Gasteiger partial charge in [0.2, 0.25) is 17.6 Å². The van der Waals surface area contributed by atoms with Crippen LogP contribution in [0.25, 0.3) is 11.1 Å². The number of rotatable bonds is 9. The van der Waals surface area contributed by atoms with Crippen molar-refractivity contribution < 1.29 is 28.3 Å². The van der Waals surface area contributed by atoms with Crippen molar-refractivity contribution in [3.8, 4) is 0 Å². The van der Waals surface area contributed by atoms with Gasteiger partial charge < -0.3 is 29.6 Å². The summed E-state index contributed by atoms with van der Waals surface area (Å²) in [7, 11) is 6.95. The van der Waals surface area contributed by atoms with Gasteiger partial charge in [0.25, 0.3) is 5.91 Å². The van der Waals surface area contributed by atoms with Crippen molar-refractivity contribution in [3.63, 3.8) is 0 Å². The zero-order valence-electron chi connectivity index (χ0n) is 23.4. The van der Waals surface area contributed by atoms with Crippen LogP contribution in [-0.2, 0) is 14.3 Å². The Balaban J connectivity index is 1.53. The molecule has 1 fully saturated rings. The number of aromatic nitrogens is 2. The van der Waals surface area contributed by atoms with E-state index in [0.29, 0.717) is 37.3 Å². The van der Waals surface area contributed by atoms with Crippen LogP contribution in [0.5, 0.6) is 0 Å². The van der Waals surface area contributed by atoms with Gasteiger partial charge >= 0.3 is 5.97 Å². The Morgan fingerprint density at radius 3 is 2.34 bits per heavy atom. The number of esters is 1. The number of furan rings is 1. The molecule has 0 unspecified atom stereocenters. The number of carbonyl (C=O) groups is 4. The van der Waals surface area contributed by atoms with E-state index >= 15 is 0 Å². The van der Waals surface area contributed by atoms with Gasteiger partial charge in [-0.1, -0.05) is 11.6 Å². The first-order valence-electron chi connectivity index (χ1n) is 13.2. The van der Waals surface area contributed by atoms with E-state index in [9.17, 15) is 19.2 Å². The lowest BCUT2D eigenvalue weighted by Gasteiger charge is -2.30. The highest BCUT2D eigenvalue weighted by molar-refractivity contribution is 6.30. The first kappa shape index (κ1) is 29.9. The topological polar surface area (TPSA) is 147 Å². The van der Waals surface area contributed by atoms with Crippen LogP contribution in [0.4, 0.5) is 11.5 Å². The van der Waals surface area contributed by atoms with Gasteiger partial charge in [0.05, 0.1) is 12.1 Å². The maximum atomic E-state index is 13.4. The molecule has 3 heterocycles. The number of hydrogen-bond donors (Lipinski definition) is 2. The van der Waals surface area contributed by atoms with Crippen LogP contribution in [0.1, 0.15) is 46.7 Å². The Morgan fingerprint density at radius 1 is 1.00 bits per heavy atom. The molecule has 3 amide bonds. The predicted octanol–water partition coefficient (Wildman–Crippen LogP) is 3.68. The van der Waals surface area contributed by atoms with Crippen molar-refractivity contribution in [2.75, 3.05) is 52.0 Å². The first-order valence-corrected chi connectivity index (χ1v) is 13.6. The van der Waals surface area contributed by atoms with E-state index < -0.39 is 11.9 Å². The van der Waals surface area contributed by atoms with Crippen molar-refractivity contribution >= 4 is 57.9 Å². The number of halogens is 1. The molecule has 3 aromatic rings. The summed E-state index contributed by atoms with van der Waals surface area (Å²) in [5, 5.41) is 5.83. The fraction of sp³-hybridized carbons (Fsp3) is 0.429. The van der Waals surface area contributed by atoms with Crippen LogP contribution in [0.2, 0.25) is 5.02 Å². The van der Waals surface area contributed by atoms with Gasteiger partial charge in [-0.05, 0) is 64.0 Å². The third kappa shape index (κ3) is 7.19. The van der Waals surface area contributed by atoms with Crippen LogP contribution >= 0.6 is 11.6 Å². The van der Waals surface area contributed by atoms with E-state index in [1.807, 2.05) is 19.0 Å². The molecule has 3 aromatic heterocycles. The standard InChI is InChI=1S/C28H33ClN6O6/c1-34(2)13-14-35(3)27(38)17-7-5-16(6-8-17)25(36)33-23-22-20(11-10-19(31-22)28(39)40-4)41-24(23)26(37)32-21-12-9-18(29)15-30-21/h9-12,15-17H,5-8,13-14H2,1-4H3,(H,33,36)(H,30,32,37)/t16-,17-. The number of ether oxygens (including phenoxy) is 1. The van der Waals surface area contributed by atoms with E-state index in [1.54, 1.807) is 18.0 Å². The monoisotopic (exact) mass is 584 g/mol. The summed E-state index contributed by atoms with van der Waals surface area (Å²) < 4.78 is 10.5. The summed E-state index contributed by atoms with van der Waals surface area (Å²) in [4.78, 5) is 63.7. The molecule has 0 aromatic carbocycles. The van der Waals surface area contributed by atoms with Crippen molar-refractivity contribution in [3.05, 3.63) is 46.9 Å². The van der Waals surface area contributed by atoms with Gasteiger partial charge in [0.1, 0.15) is 22.7 Å². The van der Waals surface area contributed by atoms with Gasteiger partial charge in [-0.3, -0.25) is 14.4 Å². The molecule has 4 rings (SSSR count). The molecule has 1 saturated carbocycles. The number of hydrogen-bond acceptors (Lipinski definition) is 9. The fourth-order valence-electron chi connectivity index (χ4n) is 4.69. The number of pyridine rings is 2. The van der Waals surface area contributed by atoms with Crippen molar-refractivity contribution in [2.24, 2.45) is 11.8 Å². The molecule has 0 saturated heterocycles. The summed E-state index contributed by atoms with van der Waals surface area (Å²) >= 11 is 5.88. The van der Waals surface area contributed by atoms with E-state index in [-0.39, 0.29) is 57.7 Å². The molecule has 218 valence electrons. The van der Waals surface area contributed by atoms with Gasteiger partial charge in [0.15, 0.2) is 5.58 Å². The third-order valence-corrected chi connectivity index (χ3v) is 7.28. The average molecular weight is 585 g/mol. The Morgan fingerprint density at radius 2 is 1.71 bits per heavy atom. The van der Waals surface area contributed by atoms with Gasteiger partial charge in [-0.25, -0.2) is 14.8 Å². The molecule has 0 bridgehead atoms. The highest BCUT2D eigenvalue weighted by Crippen LogP contribution is 2.34. The highest BCUT2D eigenvalue weighted by atomic mass is 35.5. The lowest BCUT2D eigenvalue weighted by atomic mass is 9.81. The molecular weight excluding hydrogens is 552 g/mol. The normalized spacial score (nSPS) is 16.8. The van der Waals surface area contributed by atoms with Crippen molar-refractivity contribution in [1.82, 2.24) is 19.8 Å². The molecular formula is C28H33ClN6O6. The summed E-state index contributed by atoms with van der Waals surface area (Å²) in [6, 6.07) is 5.97. The number of fused-ring (bicyclic) bond motifs is 1. The predicted molar refractivity (Wildman–Crippen MR) is 153 cm³/mol. The second kappa shape index (κ2) is 13.1. The number of methoxy groups -OCH3 is 1. The summed E-state index contributed by atoms with van der Waals surface area (Å²) in [6.07, 6.45) is 3.56. The smallest absolute Gasteiger partial charge is 0.356 e. The van der Waals surface area contributed by atoms with Crippen molar-refractivity contribution in [2.45, 2.75) is 25.7 Å². The fourth-order valence-corrected chi connectivity index (χ4v) is 4.80. The van der Waals surface area contributed by atoms with Crippen LogP contribution in [-0.4, -0.2) is 84.8 Å². The Hall–Kier alpha value is -4.03. The molecule has 1 aliphatic rings. The highest BCUT2D eigenvalue weighted by Gasteiger charge is 2.33. The van der Waals surface area contributed by atoms with E-state index in [1.165, 1.54) is 31.5 Å². The average Bonchev–Trinajstić information content (AvgIpc) is 3.33. The van der Waals surface area contributed by atoms with Crippen LogP contribution < -0.4 is 10.6 Å². The maximum absolute atomic E-state index is 13.4. The molecule has 41 heavy (non-hydrogen) atoms. The molecule has 0 spiro atoms. The second-order valence-corrected chi connectivity index (χ2v) is 10.7. The molecule has 12 nitrogen and oxygen atoms in total. The number of likely N-dealkylation sites (N-methyl/N-ethyl adjacent to an activating group) is 2. The molecule has 0 radical (unpaired) electrons. The summed E-state index contributed by atoms with van der Waals surface area (Å²) in [5.41, 5.74) is 0.336. The number of carbonyl (C=O) groups excluding carboxylic acids is 4. The van der Waals surface area contributed by atoms with Crippen LogP contribution in [0.3, 0.4) is 0 Å². The molecule has 13 heteroatoms. The quantitative estimate of drug-likeness (QED) is 0.359. The van der Waals surface area contributed by atoms with Crippen molar-refractivity contribution in [1.29, 1.82) is 0 Å². The summed E-state index contributed by atoms with van der Waals surface area (Å²) in [5.74, 6) is -2.11. The Bertz CT molecular complexity index is 1430. The maximum Gasteiger partial charge on any atom is 0.356 e. The molecule has 0 aliphatic heterocycles. The molecule has 0 atom stereocenters. The van der Waals surface area contributed by atoms with E-state index in [0.717, 1.165) is 6.54 Å². The third-order valence-electron chi connectivity index (χ3n) is 7.06. The Kier molecular flexibility index (Phi) is 9.56. The van der Waals surface area contributed by atoms with E-state index in [2.05, 4.69) is 20.6 Å². The lowest BCUT2D eigenvalue weighted by Crippen LogP contribution is -2.39. The largest absolute Gasteiger partial charge is 0.464 e. The molecule has 2 N–H and O–H groups in total. The zero-order chi connectivity index (χ0) is 29.7. The first-order chi connectivity index (χ1) is 19.6. The van der Waals surface area contributed by atoms with E-state index in [4.69, 9.17) is 20.8 Å². The van der Waals surface area contributed by atoms with Gasteiger partial charge in [-0.2, -0.15) is 0 Å². The summed E-state index contributed by atoms with van der Waals surface area (Å²) in [6.45, 7) is 1.41. The minimum Gasteiger partial charge on any atom is -0.464 e. The Labute approximate surface area is 242 Å². The minimum absolute atomic E-state index is 0.0139. The van der Waals surface area contributed by atoms with Crippen LogP contribution in [0.15, 0.2) is 34.9 Å². The van der Waals surface area contributed by atoms with Crippen LogP contribution in [0, 0.1) is 11.8 Å². The molecule has 1 aliphatic carbocycles. The SMILES string of the molecule is COC(=O)c1ccc2oc(C(=O)Nc3ccc(Cl)cn3)c(NC(=O)[C@H]3CC[C@H](C(=O)N(C)CCN(C)C)CC3)c2n1. The number of anilines is 2. The number of nitrogens with zero attached hydrogens (tertiary/aromatic N) is 4. The second-order valence-electron chi connectivity index (χ2n) is 10.3. The zero-order valence-corrected chi connectivity index (χ0v) is 24.2. The number of amides is 3.